The predicted octanol–water partition coefficient (Wildman–Crippen LogP) is 4.39. The first-order valence-corrected chi connectivity index (χ1v) is 11.7. The van der Waals surface area contributed by atoms with Crippen LogP contribution in [-0.2, 0) is 21.0 Å². The van der Waals surface area contributed by atoms with Crippen molar-refractivity contribution >= 4 is 38.1 Å². The second-order valence-corrected chi connectivity index (χ2v) is 9.39. The van der Waals surface area contributed by atoms with Crippen LogP contribution in [0.2, 0.25) is 0 Å². The molecule has 1 fully saturated rings. The zero-order valence-electron chi connectivity index (χ0n) is 16.2. The molecule has 0 radical (unpaired) electrons. The number of thiazole rings is 1. The fourth-order valence-electron chi connectivity index (χ4n) is 3.23. The van der Waals surface area contributed by atoms with Gasteiger partial charge in [0, 0.05) is 31.7 Å². The van der Waals surface area contributed by atoms with Gasteiger partial charge in [-0.25, -0.2) is 13.4 Å². The van der Waals surface area contributed by atoms with Gasteiger partial charge in [-0.3, -0.25) is 9.52 Å². The Labute approximate surface area is 187 Å². The van der Waals surface area contributed by atoms with Crippen LogP contribution in [-0.4, -0.2) is 32.0 Å². The van der Waals surface area contributed by atoms with Gasteiger partial charge >= 0.3 is 6.18 Å². The average molecular weight is 486 g/mol. The Morgan fingerprint density at radius 1 is 1.16 bits per heavy atom. The van der Waals surface area contributed by atoms with Crippen molar-refractivity contribution in [3.8, 4) is 5.75 Å². The summed E-state index contributed by atoms with van der Waals surface area (Å²) >= 11 is 1.13. The van der Waals surface area contributed by atoms with E-state index in [1.54, 1.807) is 5.38 Å². The highest BCUT2D eigenvalue weighted by Gasteiger charge is 2.38. The molecule has 7 nitrogen and oxygen atoms in total. The second-order valence-electron chi connectivity index (χ2n) is 6.82. The molecule has 0 spiro atoms. The third-order valence-electron chi connectivity index (χ3n) is 4.73. The summed E-state index contributed by atoms with van der Waals surface area (Å²) in [6.07, 6.45) is -4.02. The molecule has 2 heterocycles. The van der Waals surface area contributed by atoms with Crippen LogP contribution < -0.4 is 14.4 Å². The summed E-state index contributed by atoms with van der Waals surface area (Å²) in [5, 5.41) is 1.86. The topological polar surface area (TPSA) is 88.6 Å². The van der Waals surface area contributed by atoms with E-state index >= 15 is 0 Å². The van der Waals surface area contributed by atoms with Crippen LogP contribution in [0, 0.1) is 0 Å². The molecule has 1 N–H and O–H groups in total. The van der Waals surface area contributed by atoms with Gasteiger partial charge in [0.1, 0.15) is 5.75 Å². The third kappa shape index (κ3) is 4.55. The van der Waals surface area contributed by atoms with Crippen LogP contribution >= 0.6 is 11.3 Å². The first-order valence-electron chi connectivity index (χ1n) is 9.32. The average Bonchev–Trinajstić information content (AvgIpc) is 3.37. The largest absolute Gasteiger partial charge is 0.480 e. The van der Waals surface area contributed by atoms with Crippen LogP contribution in [0.1, 0.15) is 13.4 Å². The normalized spacial score (nSPS) is 16.9. The number of sulfonamides is 1. The van der Waals surface area contributed by atoms with Crippen molar-refractivity contribution in [2.45, 2.75) is 23.6 Å². The van der Waals surface area contributed by atoms with Gasteiger partial charge in [-0.15, -0.1) is 11.3 Å². The number of nitrogens with one attached hydrogen (secondary N) is 1. The third-order valence-corrected chi connectivity index (χ3v) is 6.90. The molecular formula is C20H18F3N3O4S2. The van der Waals surface area contributed by atoms with E-state index in [1.807, 2.05) is 0 Å². The number of hydrogen-bond acceptors (Lipinski definition) is 6. The zero-order chi connectivity index (χ0) is 22.9. The summed E-state index contributed by atoms with van der Waals surface area (Å²) in [5.74, 6) is -0.909. The van der Waals surface area contributed by atoms with Gasteiger partial charge in [0.15, 0.2) is 11.2 Å². The minimum absolute atomic E-state index is 0. The number of rotatable bonds is 6. The van der Waals surface area contributed by atoms with Crippen molar-refractivity contribution in [1.29, 1.82) is 0 Å². The number of carbonyl (C=O) groups excluding carboxylic acids is 1. The molecule has 1 unspecified atom stereocenters. The van der Waals surface area contributed by atoms with E-state index in [-0.39, 0.29) is 24.4 Å². The van der Waals surface area contributed by atoms with Crippen LogP contribution in [0.3, 0.4) is 0 Å². The maximum absolute atomic E-state index is 13.2. The van der Waals surface area contributed by atoms with Crippen LogP contribution in [0.4, 0.5) is 24.0 Å². The number of ether oxygens (including phenoxy) is 1. The number of amides is 1. The smallest absolute Gasteiger partial charge is 0.419 e. The van der Waals surface area contributed by atoms with Gasteiger partial charge in [-0.2, -0.15) is 13.2 Å². The number of nitrogens with zero attached hydrogens (tertiary/aromatic N) is 2. The lowest BCUT2D eigenvalue weighted by molar-refractivity contribution is -0.140. The summed E-state index contributed by atoms with van der Waals surface area (Å²) in [6.45, 7) is 0.223. The molecule has 0 bridgehead atoms. The van der Waals surface area contributed by atoms with E-state index in [9.17, 15) is 26.4 Å². The number of halogens is 3. The van der Waals surface area contributed by atoms with E-state index < -0.39 is 39.5 Å². The number of carbonyl (C=O) groups is 1. The van der Waals surface area contributed by atoms with Gasteiger partial charge in [0.05, 0.1) is 10.5 Å². The number of para-hydroxylation sites is 1. The molecule has 12 heteroatoms. The Kier molecular flexibility index (Phi) is 5.82. The van der Waals surface area contributed by atoms with Crippen molar-refractivity contribution in [1.82, 2.24) is 4.98 Å². The van der Waals surface area contributed by atoms with Crippen molar-refractivity contribution in [3.05, 3.63) is 65.7 Å². The van der Waals surface area contributed by atoms with E-state index in [2.05, 4.69) is 9.71 Å². The minimum Gasteiger partial charge on any atom is -0.480 e. The fraction of sp³-hybridized carbons (Fsp3) is 0.200. The highest BCUT2D eigenvalue weighted by atomic mass is 32.2. The first kappa shape index (κ1) is 22.1. The second kappa shape index (κ2) is 8.43. The molecule has 4 rings (SSSR count). The maximum atomic E-state index is 13.2. The number of hydrogen-bond donors (Lipinski definition) is 1. The Bertz CT molecular complexity index is 1220. The maximum Gasteiger partial charge on any atom is 0.419 e. The van der Waals surface area contributed by atoms with Gasteiger partial charge < -0.3 is 9.64 Å². The highest BCUT2D eigenvalue weighted by Crippen LogP contribution is 2.37. The Morgan fingerprint density at radius 2 is 1.88 bits per heavy atom. The lowest BCUT2D eigenvalue weighted by Gasteiger charge is -2.19. The summed E-state index contributed by atoms with van der Waals surface area (Å²) in [6, 6.07) is 10.3. The summed E-state index contributed by atoms with van der Waals surface area (Å²) < 4.78 is 72.2. The van der Waals surface area contributed by atoms with Crippen molar-refractivity contribution < 1.29 is 32.5 Å². The Morgan fingerprint density at radius 3 is 2.53 bits per heavy atom. The van der Waals surface area contributed by atoms with E-state index in [0.29, 0.717) is 5.69 Å². The van der Waals surface area contributed by atoms with Crippen LogP contribution in [0.15, 0.2) is 65.0 Å². The molecular weight excluding hydrogens is 467 g/mol. The van der Waals surface area contributed by atoms with E-state index in [4.69, 9.17) is 4.74 Å². The molecule has 1 aliphatic heterocycles. The molecule has 1 amide bonds. The van der Waals surface area contributed by atoms with Crippen LogP contribution in [0.5, 0.6) is 5.75 Å². The molecule has 1 aliphatic rings. The van der Waals surface area contributed by atoms with Crippen molar-refractivity contribution in [2.75, 3.05) is 16.2 Å². The number of benzene rings is 2. The summed E-state index contributed by atoms with van der Waals surface area (Å²) in [4.78, 5) is 18.0. The monoisotopic (exact) mass is 485 g/mol. The fourth-order valence-corrected chi connectivity index (χ4v) is 5.02. The zero-order valence-corrected chi connectivity index (χ0v) is 17.9. The number of anilines is 2. The molecule has 1 atom stereocenters. The first-order chi connectivity index (χ1) is 15.1. The number of alkyl halides is 3. The highest BCUT2D eigenvalue weighted by molar-refractivity contribution is 7.93. The predicted molar refractivity (Wildman–Crippen MR) is 114 cm³/mol. The molecule has 1 aromatic heterocycles. The summed E-state index contributed by atoms with van der Waals surface area (Å²) in [5.41, 5.74) is -0.535. The number of aromatic nitrogens is 1. The lowest BCUT2D eigenvalue weighted by atomic mass is 10.2. The summed E-state index contributed by atoms with van der Waals surface area (Å²) in [7, 11) is -3.84. The Balaban J connectivity index is 0.00000306. The minimum atomic E-state index is -4.61. The van der Waals surface area contributed by atoms with Gasteiger partial charge in [0.25, 0.3) is 15.9 Å². The van der Waals surface area contributed by atoms with Gasteiger partial charge in [-0.1, -0.05) is 12.1 Å². The van der Waals surface area contributed by atoms with Gasteiger partial charge in [0.2, 0.25) is 0 Å². The van der Waals surface area contributed by atoms with Crippen molar-refractivity contribution in [3.63, 3.8) is 0 Å². The van der Waals surface area contributed by atoms with Gasteiger partial charge in [-0.05, 0) is 36.4 Å². The lowest BCUT2D eigenvalue weighted by Crippen LogP contribution is -2.32. The van der Waals surface area contributed by atoms with Crippen molar-refractivity contribution in [2.24, 2.45) is 0 Å². The molecule has 3 aromatic rings. The molecule has 170 valence electrons. The SMILES string of the molecule is O=C1C(Oc2ccccc2C(F)(F)F)CCN1c1ccc(S(=O)(=O)Nc2nccs2)cc1.[HH]. The molecule has 1 saturated heterocycles. The standard InChI is InChI=1S/C20H16F3N3O4S2.H2/c21-20(22,23)15-3-1-2-4-16(15)30-17-9-11-26(18(17)27)13-5-7-14(8-6-13)32(28,29)25-19-24-10-12-31-19;/h1-8,10,12,17H,9,11H2,(H,24,25);1H. The quantitative estimate of drug-likeness (QED) is 0.559. The Hall–Kier alpha value is -3.12. The van der Waals surface area contributed by atoms with E-state index in [0.717, 1.165) is 17.4 Å². The van der Waals surface area contributed by atoms with E-state index in [1.165, 1.54) is 53.6 Å². The molecule has 0 aliphatic carbocycles. The molecule has 2 aromatic carbocycles. The molecule has 32 heavy (non-hydrogen) atoms. The van der Waals surface area contributed by atoms with Crippen LogP contribution in [0.25, 0.3) is 0 Å². The molecule has 0 saturated carbocycles.